The standard InChI is InChI=1S/C16H16N6O2S2/c17-12(23)7-22-13(19-11-4-2-1-3-10(11)14(22)24)8-25-16-21-20-15(26-16)18-9-5-6-9/h1-4,9H,5-8H2,(H2,17,23)(H,18,20). The molecule has 0 radical (unpaired) electrons. The number of nitrogens with one attached hydrogen (secondary N) is 1. The van der Waals surface area contributed by atoms with Gasteiger partial charge in [0, 0.05) is 6.04 Å². The molecule has 0 bridgehead atoms. The number of hydrogen-bond donors (Lipinski definition) is 2. The van der Waals surface area contributed by atoms with Crippen LogP contribution in [0, 0.1) is 0 Å². The summed E-state index contributed by atoms with van der Waals surface area (Å²) in [5.41, 5.74) is 5.64. The minimum absolute atomic E-state index is 0.197. The molecule has 2 aromatic heterocycles. The molecule has 134 valence electrons. The first-order chi connectivity index (χ1) is 12.6. The van der Waals surface area contributed by atoms with Crippen LogP contribution in [0.25, 0.3) is 10.9 Å². The molecular weight excluding hydrogens is 372 g/mol. The first kappa shape index (κ1) is 17.0. The monoisotopic (exact) mass is 388 g/mol. The SMILES string of the molecule is NC(=O)Cn1c(CSc2nnc(NC3CC3)s2)nc2ccccc2c1=O. The van der Waals surface area contributed by atoms with Crippen LogP contribution in [0.15, 0.2) is 33.4 Å². The number of aromatic nitrogens is 4. The van der Waals surface area contributed by atoms with E-state index in [0.29, 0.717) is 28.5 Å². The van der Waals surface area contributed by atoms with Crippen LogP contribution in [-0.4, -0.2) is 31.7 Å². The Morgan fingerprint density at radius 3 is 2.92 bits per heavy atom. The van der Waals surface area contributed by atoms with E-state index in [2.05, 4.69) is 20.5 Å². The fourth-order valence-electron chi connectivity index (χ4n) is 2.50. The molecule has 1 saturated carbocycles. The molecule has 1 aromatic carbocycles. The summed E-state index contributed by atoms with van der Waals surface area (Å²) in [6.45, 7) is -0.197. The van der Waals surface area contributed by atoms with Crippen LogP contribution in [0.1, 0.15) is 18.7 Å². The topological polar surface area (TPSA) is 116 Å². The maximum Gasteiger partial charge on any atom is 0.261 e. The molecule has 1 aliphatic rings. The molecule has 1 aliphatic carbocycles. The van der Waals surface area contributed by atoms with Gasteiger partial charge in [-0.3, -0.25) is 14.2 Å². The molecule has 0 unspecified atom stereocenters. The number of primary amides is 1. The Hall–Kier alpha value is -2.46. The minimum Gasteiger partial charge on any atom is -0.368 e. The summed E-state index contributed by atoms with van der Waals surface area (Å²) in [6, 6.07) is 7.58. The Morgan fingerprint density at radius 1 is 1.35 bits per heavy atom. The van der Waals surface area contributed by atoms with Gasteiger partial charge in [-0.15, -0.1) is 10.2 Å². The van der Waals surface area contributed by atoms with Crippen LogP contribution in [-0.2, 0) is 17.1 Å². The molecule has 10 heteroatoms. The highest BCUT2D eigenvalue weighted by atomic mass is 32.2. The number of anilines is 1. The van der Waals surface area contributed by atoms with Crippen LogP contribution >= 0.6 is 23.1 Å². The Morgan fingerprint density at radius 2 is 2.15 bits per heavy atom. The van der Waals surface area contributed by atoms with Gasteiger partial charge in [0.2, 0.25) is 11.0 Å². The highest BCUT2D eigenvalue weighted by molar-refractivity contribution is 8.00. The Labute approximate surface area is 156 Å². The van der Waals surface area contributed by atoms with Gasteiger partial charge in [-0.25, -0.2) is 4.98 Å². The van der Waals surface area contributed by atoms with E-state index in [0.717, 1.165) is 9.47 Å². The van der Waals surface area contributed by atoms with E-state index in [-0.39, 0.29) is 12.1 Å². The lowest BCUT2D eigenvalue weighted by atomic mass is 10.2. The Kier molecular flexibility index (Phi) is 4.60. The zero-order valence-electron chi connectivity index (χ0n) is 13.7. The fourth-order valence-corrected chi connectivity index (χ4v) is 4.27. The second-order valence-corrected chi connectivity index (χ2v) is 8.18. The summed E-state index contributed by atoms with van der Waals surface area (Å²) in [5.74, 6) is 0.303. The van der Waals surface area contributed by atoms with Gasteiger partial charge in [-0.1, -0.05) is 35.2 Å². The number of nitrogens with two attached hydrogens (primary N) is 1. The van der Waals surface area contributed by atoms with E-state index < -0.39 is 5.91 Å². The van der Waals surface area contributed by atoms with E-state index >= 15 is 0 Å². The minimum atomic E-state index is -0.581. The summed E-state index contributed by atoms with van der Waals surface area (Å²) in [5, 5.41) is 12.8. The molecule has 0 atom stereocenters. The maximum atomic E-state index is 12.7. The average Bonchev–Trinajstić information content (AvgIpc) is 3.32. The van der Waals surface area contributed by atoms with Gasteiger partial charge in [-0.05, 0) is 25.0 Å². The molecule has 1 amide bonds. The first-order valence-corrected chi connectivity index (χ1v) is 9.90. The zero-order valence-corrected chi connectivity index (χ0v) is 15.3. The van der Waals surface area contributed by atoms with E-state index in [4.69, 9.17) is 5.73 Å². The van der Waals surface area contributed by atoms with Crippen molar-refractivity contribution in [3.63, 3.8) is 0 Å². The predicted molar refractivity (Wildman–Crippen MR) is 101 cm³/mol. The number of rotatable bonds is 7. The van der Waals surface area contributed by atoms with Crippen LogP contribution in [0.5, 0.6) is 0 Å². The molecule has 0 saturated heterocycles. The molecule has 4 rings (SSSR count). The normalized spacial score (nSPS) is 13.8. The van der Waals surface area contributed by atoms with Crippen molar-refractivity contribution in [3.8, 4) is 0 Å². The quantitative estimate of drug-likeness (QED) is 0.591. The van der Waals surface area contributed by atoms with Gasteiger partial charge < -0.3 is 11.1 Å². The van der Waals surface area contributed by atoms with Crippen LogP contribution < -0.4 is 16.6 Å². The Balaban J connectivity index is 1.60. The summed E-state index contributed by atoms with van der Waals surface area (Å²) in [7, 11) is 0. The summed E-state index contributed by atoms with van der Waals surface area (Å²) < 4.78 is 2.11. The van der Waals surface area contributed by atoms with E-state index in [1.165, 1.54) is 40.5 Å². The summed E-state index contributed by atoms with van der Waals surface area (Å²) >= 11 is 2.90. The molecule has 2 heterocycles. The smallest absolute Gasteiger partial charge is 0.261 e. The van der Waals surface area contributed by atoms with E-state index in [1.54, 1.807) is 18.2 Å². The van der Waals surface area contributed by atoms with Gasteiger partial charge in [0.25, 0.3) is 5.56 Å². The third-order valence-corrected chi connectivity index (χ3v) is 5.87. The van der Waals surface area contributed by atoms with E-state index in [9.17, 15) is 9.59 Å². The third kappa shape index (κ3) is 3.70. The van der Waals surface area contributed by atoms with Crippen molar-refractivity contribution < 1.29 is 4.79 Å². The van der Waals surface area contributed by atoms with Crippen molar-refractivity contribution in [2.75, 3.05) is 5.32 Å². The van der Waals surface area contributed by atoms with Gasteiger partial charge in [0.1, 0.15) is 12.4 Å². The molecule has 0 spiro atoms. The zero-order chi connectivity index (χ0) is 18.1. The number of para-hydroxylation sites is 1. The van der Waals surface area contributed by atoms with Crippen molar-refractivity contribution >= 4 is 45.0 Å². The molecular formula is C16H16N6O2S2. The van der Waals surface area contributed by atoms with Gasteiger partial charge in [-0.2, -0.15) is 0 Å². The Bertz CT molecular complexity index is 1030. The van der Waals surface area contributed by atoms with Gasteiger partial charge >= 0.3 is 0 Å². The number of fused-ring (bicyclic) bond motifs is 1. The number of thioether (sulfide) groups is 1. The summed E-state index contributed by atoms with van der Waals surface area (Å²) in [4.78, 5) is 28.6. The predicted octanol–water partition coefficient (Wildman–Crippen LogP) is 1.60. The highest BCUT2D eigenvalue weighted by Crippen LogP contribution is 2.31. The number of hydrogen-bond acceptors (Lipinski definition) is 8. The lowest BCUT2D eigenvalue weighted by Crippen LogP contribution is -2.31. The lowest BCUT2D eigenvalue weighted by Gasteiger charge is -2.11. The molecule has 3 aromatic rings. The van der Waals surface area contributed by atoms with Crippen molar-refractivity contribution in [1.82, 2.24) is 19.7 Å². The third-order valence-electron chi connectivity index (χ3n) is 3.89. The molecule has 0 aliphatic heterocycles. The lowest BCUT2D eigenvalue weighted by molar-refractivity contribution is -0.118. The molecule has 26 heavy (non-hydrogen) atoms. The summed E-state index contributed by atoms with van der Waals surface area (Å²) in [6.07, 6.45) is 2.34. The van der Waals surface area contributed by atoms with E-state index in [1.807, 2.05) is 6.07 Å². The first-order valence-electron chi connectivity index (χ1n) is 8.10. The van der Waals surface area contributed by atoms with Crippen molar-refractivity contribution in [3.05, 3.63) is 40.4 Å². The maximum absolute atomic E-state index is 12.7. The number of amides is 1. The molecule has 1 fully saturated rings. The largest absolute Gasteiger partial charge is 0.368 e. The van der Waals surface area contributed by atoms with Crippen LogP contribution in [0.2, 0.25) is 0 Å². The number of carbonyl (C=O) groups is 1. The van der Waals surface area contributed by atoms with Gasteiger partial charge in [0.05, 0.1) is 16.7 Å². The van der Waals surface area contributed by atoms with Crippen LogP contribution in [0.4, 0.5) is 5.13 Å². The van der Waals surface area contributed by atoms with Crippen LogP contribution in [0.3, 0.4) is 0 Å². The highest BCUT2D eigenvalue weighted by Gasteiger charge is 2.22. The molecule has 3 N–H and O–H groups in total. The van der Waals surface area contributed by atoms with Crippen molar-refractivity contribution in [2.24, 2.45) is 5.73 Å². The van der Waals surface area contributed by atoms with Crippen molar-refractivity contribution in [2.45, 2.75) is 35.5 Å². The second kappa shape index (κ2) is 7.04. The van der Waals surface area contributed by atoms with Crippen molar-refractivity contribution in [1.29, 1.82) is 0 Å². The number of nitrogens with zero attached hydrogens (tertiary/aromatic N) is 4. The van der Waals surface area contributed by atoms with Gasteiger partial charge in [0.15, 0.2) is 4.34 Å². The second-order valence-electron chi connectivity index (χ2n) is 5.98. The number of carbonyl (C=O) groups excluding carboxylic acids is 1. The number of benzene rings is 1. The average molecular weight is 388 g/mol. The fraction of sp³-hybridized carbons (Fsp3) is 0.312. The molecule has 8 nitrogen and oxygen atoms in total.